The average molecular weight is 342 g/mol. The van der Waals surface area contributed by atoms with Gasteiger partial charge in [-0.3, -0.25) is 9.59 Å². The second-order valence-electron chi connectivity index (χ2n) is 8.25. The Morgan fingerprint density at radius 3 is 2.68 bits per heavy atom. The topological polar surface area (TPSA) is 52.6 Å². The third-order valence-corrected chi connectivity index (χ3v) is 5.29. The number of fused-ring (bicyclic) bond motifs is 1. The van der Waals surface area contributed by atoms with E-state index >= 15 is 0 Å². The maximum Gasteiger partial charge on any atom is 0.318 e. The minimum atomic E-state index is -0.415. The second-order valence-corrected chi connectivity index (χ2v) is 8.25. The Bertz CT molecular complexity index is 729. The molecule has 0 N–H and O–H groups in total. The van der Waals surface area contributed by atoms with Crippen molar-refractivity contribution in [2.75, 3.05) is 0 Å². The van der Waals surface area contributed by atoms with Gasteiger partial charge in [-0.05, 0) is 42.7 Å². The first-order valence-corrected chi connectivity index (χ1v) is 8.97. The summed E-state index contributed by atoms with van der Waals surface area (Å²) in [6, 6.07) is 5.22. The van der Waals surface area contributed by atoms with Crippen LogP contribution in [0, 0.1) is 16.7 Å². The van der Waals surface area contributed by atoms with E-state index < -0.39 is 5.41 Å². The second kappa shape index (κ2) is 6.32. The number of carbonyl (C=O) groups is 2. The van der Waals surface area contributed by atoms with Crippen molar-refractivity contribution in [3.05, 3.63) is 29.8 Å². The third kappa shape index (κ3) is 3.48. The summed E-state index contributed by atoms with van der Waals surface area (Å²) in [5.74, 6) is 0.847. The van der Waals surface area contributed by atoms with E-state index in [9.17, 15) is 9.59 Å². The summed E-state index contributed by atoms with van der Waals surface area (Å²) >= 11 is 0. The molecule has 1 aliphatic heterocycles. The molecule has 0 bridgehead atoms. The molecule has 1 saturated carbocycles. The van der Waals surface area contributed by atoms with Gasteiger partial charge in [-0.25, -0.2) is 0 Å². The molecule has 1 aliphatic carbocycles. The highest BCUT2D eigenvalue weighted by atomic mass is 16.5. The average Bonchev–Trinajstić information content (AvgIpc) is 3.04. The van der Waals surface area contributed by atoms with Crippen molar-refractivity contribution in [2.24, 2.45) is 16.7 Å². The lowest BCUT2D eigenvalue weighted by Crippen LogP contribution is -2.28. The smallest absolute Gasteiger partial charge is 0.318 e. The maximum absolute atomic E-state index is 12.9. The van der Waals surface area contributed by atoms with Crippen LogP contribution in [0.5, 0.6) is 11.5 Å². The van der Waals surface area contributed by atoms with Crippen molar-refractivity contribution < 1.29 is 19.1 Å². The van der Waals surface area contributed by atoms with Gasteiger partial charge in [-0.2, -0.15) is 0 Å². The van der Waals surface area contributed by atoms with Gasteiger partial charge in [0.15, 0.2) is 0 Å². The van der Waals surface area contributed by atoms with Gasteiger partial charge in [0.2, 0.25) is 0 Å². The van der Waals surface area contributed by atoms with Crippen LogP contribution in [0.4, 0.5) is 0 Å². The predicted molar refractivity (Wildman–Crippen MR) is 96.3 cm³/mol. The maximum atomic E-state index is 12.9. The first-order chi connectivity index (χ1) is 11.7. The number of allylic oxidation sites excluding steroid dienone is 1. The van der Waals surface area contributed by atoms with Crippen LogP contribution in [-0.2, 0) is 9.59 Å². The molecule has 2 aliphatic rings. The van der Waals surface area contributed by atoms with Crippen LogP contribution < -0.4 is 9.47 Å². The largest absolute Gasteiger partial charge is 0.426 e. The fraction of sp³-hybridized carbons (Fsp3) is 0.524. The molecule has 0 radical (unpaired) electrons. The van der Waals surface area contributed by atoms with Crippen molar-refractivity contribution in [3.8, 4) is 11.5 Å². The van der Waals surface area contributed by atoms with Gasteiger partial charge in [0.25, 0.3) is 0 Å². The van der Waals surface area contributed by atoms with E-state index in [-0.39, 0.29) is 17.4 Å². The summed E-state index contributed by atoms with van der Waals surface area (Å²) in [6.45, 7) is 8.48. The van der Waals surface area contributed by atoms with E-state index in [0.717, 1.165) is 18.4 Å². The summed E-state index contributed by atoms with van der Waals surface area (Å²) < 4.78 is 11.1. The Morgan fingerprint density at radius 2 is 2.04 bits per heavy atom. The number of rotatable bonds is 4. The fourth-order valence-electron chi connectivity index (χ4n) is 3.78. The van der Waals surface area contributed by atoms with Crippen molar-refractivity contribution in [2.45, 2.75) is 53.4 Å². The molecule has 1 aromatic rings. The molecule has 0 aromatic heterocycles. The van der Waals surface area contributed by atoms with Gasteiger partial charge < -0.3 is 9.47 Å². The molecule has 0 amide bonds. The summed E-state index contributed by atoms with van der Waals surface area (Å²) in [4.78, 5) is 24.6. The van der Waals surface area contributed by atoms with E-state index in [0.29, 0.717) is 30.3 Å². The highest BCUT2D eigenvalue weighted by Gasteiger charge is 2.67. The highest BCUT2D eigenvalue weighted by molar-refractivity contribution is 5.84. The number of carbonyl (C=O) groups excluding carboxylic acids is 2. The molecule has 1 aromatic carbocycles. The number of hydrogen-bond acceptors (Lipinski definition) is 4. The minimum Gasteiger partial charge on any atom is -0.426 e. The quantitative estimate of drug-likeness (QED) is 0.584. The van der Waals surface area contributed by atoms with E-state index in [1.165, 1.54) is 0 Å². The van der Waals surface area contributed by atoms with Crippen LogP contribution in [0.3, 0.4) is 0 Å². The van der Waals surface area contributed by atoms with Crippen LogP contribution >= 0.6 is 0 Å². The van der Waals surface area contributed by atoms with Crippen molar-refractivity contribution in [3.63, 3.8) is 0 Å². The number of hydrogen-bond donors (Lipinski definition) is 0. The lowest BCUT2D eigenvalue weighted by atomic mass is 9.87. The normalized spacial score (nSPS) is 25.4. The molecule has 25 heavy (non-hydrogen) atoms. The van der Waals surface area contributed by atoms with Crippen molar-refractivity contribution in [1.29, 1.82) is 0 Å². The molecule has 4 nitrogen and oxygen atoms in total. The van der Waals surface area contributed by atoms with Gasteiger partial charge in [-0.15, -0.1) is 0 Å². The Labute approximate surface area is 149 Å². The van der Waals surface area contributed by atoms with Gasteiger partial charge in [0.05, 0.1) is 5.41 Å². The van der Waals surface area contributed by atoms with Gasteiger partial charge in [0, 0.05) is 18.1 Å². The predicted octanol–water partition coefficient (Wildman–Crippen LogP) is 4.77. The van der Waals surface area contributed by atoms with E-state index in [4.69, 9.17) is 9.47 Å². The summed E-state index contributed by atoms with van der Waals surface area (Å²) in [5.41, 5.74) is 0.367. The molecule has 1 fully saturated rings. The molecule has 0 spiro atoms. The molecule has 3 rings (SSSR count). The zero-order valence-corrected chi connectivity index (χ0v) is 15.4. The molecular weight excluding hydrogens is 316 g/mol. The van der Waals surface area contributed by atoms with E-state index in [1.807, 2.05) is 18.2 Å². The Hall–Kier alpha value is -2.10. The fourth-order valence-corrected chi connectivity index (χ4v) is 3.78. The Kier molecular flexibility index (Phi) is 4.48. The Balaban J connectivity index is 1.81. The molecule has 134 valence electrons. The van der Waals surface area contributed by atoms with Crippen LogP contribution in [0.1, 0.15) is 58.9 Å². The molecular formula is C21H26O4. The standard InChI is InChI=1S/C21H26O4/c1-14(2)12-21(13-20(21,3)4)19(23)24-16-10-9-15-7-5-6-8-18(22)25-17(15)11-16/h5,7,9-11,14H,6,8,12-13H2,1-4H3/b7-5-. The van der Waals surface area contributed by atoms with E-state index in [1.54, 1.807) is 12.1 Å². The lowest BCUT2D eigenvalue weighted by molar-refractivity contribution is -0.142. The van der Waals surface area contributed by atoms with E-state index in [2.05, 4.69) is 27.7 Å². The molecule has 4 heteroatoms. The molecule has 1 atom stereocenters. The lowest BCUT2D eigenvalue weighted by Gasteiger charge is -2.21. The molecule has 1 unspecified atom stereocenters. The highest BCUT2D eigenvalue weighted by Crippen LogP contribution is 2.67. The van der Waals surface area contributed by atoms with Crippen LogP contribution in [-0.4, -0.2) is 11.9 Å². The van der Waals surface area contributed by atoms with Crippen LogP contribution in [0.25, 0.3) is 6.08 Å². The van der Waals surface area contributed by atoms with Crippen LogP contribution in [0.15, 0.2) is 24.3 Å². The summed E-state index contributed by atoms with van der Waals surface area (Å²) in [7, 11) is 0. The van der Waals surface area contributed by atoms with Crippen molar-refractivity contribution >= 4 is 18.0 Å². The number of esters is 2. The number of benzene rings is 1. The summed E-state index contributed by atoms with van der Waals surface area (Å²) in [5, 5.41) is 0. The third-order valence-electron chi connectivity index (χ3n) is 5.29. The SMILES string of the molecule is CC(C)CC1(C(=O)Oc2ccc3c(c2)OC(=O)CC/C=C\3)CC1(C)C. The van der Waals surface area contributed by atoms with Gasteiger partial charge in [0.1, 0.15) is 11.5 Å². The van der Waals surface area contributed by atoms with Crippen molar-refractivity contribution in [1.82, 2.24) is 0 Å². The molecule has 1 heterocycles. The first-order valence-electron chi connectivity index (χ1n) is 8.97. The van der Waals surface area contributed by atoms with Gasteiger partial charge >= 0.3 is 11.9 Å². The molecule has 0 saturated heterocycles. The zero-order chi connectivity index (χ0) is 18.2. The zero-order valence-electron chi connectivity index (χ0n) is 15.4. The van der Waals surface area contributed by atoms with Gasteiger partial charge in [-0.1, -0.05) is 39.8 Å². The first kappa shape index (κ1) is 17.7. The Morgan fingerprint density at radius 1 is 1.32 bits per heavy atom. The summed E-state index contributed by atoms with van der Waals surface area (Å²) in [6.07, 6.45) is 6.57. The number of ether oxygens (including phenoxy) is 2. The monoisotopic (exact) mass is 342 g/mol. The van der Waals surface area contributed by atoms with Crippen LogP contribution in [0.2, 0.25) is 0 Å². The minimum absolute atomic E-state index is 0.0346.